The van der Waals surface area contributed by atoms with Crippen molar-refractivity contribution in [1.82, 2.24) is 4.90 Å². The third-order valence-electron chi connectivity index (χ3n) is 4.66. The molecule has 6 nitrogen and oxygen atoms in total. The van der Waals surface area contributed by atoms with E-state index in [4.69, 9.17) is 4.74 Å². The lowest BCUT2D eigenvalue weighted by molar-refractivity contribution is -0.117. The Morgan fingerprint density at radius 3 is 2.69 bits per heavy atom. The largest absolute Gasteiger partial charge is 0.497 e. The second kappa shape index (κ2) is 8.00. The molecule has 0 N–H and O–H groups in total. The molecular weight excluding hydrogens is 372 g/mol. The van der Waals surface area contributed by atoms with E-state index in [1.54, 1.807) is 7.11 Å². The van der Waals surface area contributed by atoms with Crippen molar-refractivity contribution in [3.8, 4) is 5.75 Å². The molecule has 0 aromatic heterocycles. The molecule has 2 saturated heterocycles. The summed E-state index contributed by atoms with van der Waals surface area (Å²) in [4.78, 5) is 18.3. The molecule has 0 aliphatic carbocycles. The Morgan fingerprint density at radius 1 is 1.31 bits per heavy atom. The standard InChI is InChI=1S/C18H24N2O4S2/c1-3-4-17(21)19-18-20(15-11-26(22,23)12-16(15)25-18)10-9-13-5-7-14(24-2)8-6-13/h5-8,15-16H,3-4,9-12H2,1-2H3/t15-,16+/m1/s1. The number of amidine groups is 1. The zero-order valence-electron chi connectivity index (χ0n) is 15.1. The number of amides is 1. The van der Waals surface area contributed by atoms with Gasteiger partial charge in [-0.15, -0.1) is 0 Å². The number of methoxy groups -OCH3 is 1. The van der Waals surface area contributed by atoms with Crippen LogP contribution in [0, 0.1) is 0 Å². The molecule has 26 heavy (non-hydrogen) atoms. The molecule has 0 unspecified atom stereocenters. The van der Waals surface area contributed by atoms with E-state index in [1.807, 2.05) is 36.1 Å². The van der Waals surface area contributed by atoms with Crippen LogP contribution in [0.3, 0.4) is 0 Å². The Hall–Kier alpha value is -1.54. The van der Waals surface area contributed by atoms with Gasteiger partial charge < -0.3 is 9.64 Å². The average Bonchev–Trinajstić information content (AvgIpc) is 3.05. The van der Waals surface area contributed by atoms with E-state index in [0.717, 1.165) is 24.2 Å². The normalized spacial score (nSPS) is 25.5. The third-order valence-corrected chi connectivity index (χ3v) is 7.91. The van der Waals surface area contributed by atoms with Gasteiger partial charge in [0.2, 0.25) is 5.91 Å². The first kappa shape index (κ1) is 19.2. The molecule has 8 heteroatoms. The first-order valence-corrected chi connectivity index (χ1v) is 11.5. The highest BCUT2D eigenvalue weighted by molar-refractivity contribution is 8.15. The number of fused-ring (bicyclic) bond motifs is 1. The van der Waals surface area contributed by atoms with Crippen molar-refractivity contribution in [2.75, 3.05) is 25.2 Å². The quantitative estimate of drug-likeness (QED) is 0.733. The minimum absolute atomic E-state index is 0.0240. The van der Waals surface area contributed by atoms with E-state index in [2.05, 4.69) is 4.99 Å². The van der Waals surface area contributed by atoms with Crippen LogP contribution >= 0.6 is 11.8 Å². The molecule has 2 heterocycles. The maximum atomic E-state index is 12.0. The lowest BCUT2D eigenvalue weighted by atomic mass is 10.1. The monoisotopic (exact) mass is 396 g/mol. The lowest BCUT2D eigenvalue weighted by Gasteiger charge is -2.24. The number of aliphatic imine (C=N–C) groups is 1. The predicted octanol–water partition coefficient (Wildman–Crippen LogP) is 2.13. The predicted molar refractivity (Wildman–Crippen MR) is 105 cm³/mol. The van der Waals surface area contributed by atoms with Crippen LogP contribution in [-0.2, 0) is 21.1 Å². The van der Waals surface area contributed by atoms with Crippen molar-refractivity contribution in [3.05, 3.63) is 29.8 Å². The molecule has 1 aromatic rings. The van der Waals surface area contributed by atoms with E-state index < -0.39 is 9.84 Å². The maximum Gasteiger partial charge on any atom is 0.248 e. The van der Waals surface area contributed by atoms with Gasteiger partial charge in [0.15, 0.2) is 15.0 Å². The van der Waals surface area contributed by atoms with Crippen molar-refractivity contribution >= 4 is 32.7 Å². The summed E-state index contributed by atoms with van der Waals surface area (Å²) in [7, 11) is -1.38. The van der Waals surface area contributed by atoms with Gasteiger partial charge in [-0.05, 0) is 30.5 Å². The molecule has 0 radical (unpaired) electrons. The number of benzene rings is 1. The van der Waals surface area contributed by atoms with Gasteiger partial charge in [-0.2, -0.15) is 4.99 Å². The molecule has 1 aromatic carbocycles. The van der Waals surface area contributed by atoms with Crippen LogP contribution < -0.4 is 4.74 Å². The van der Waals surface area contributed by atoms with E-state index >= 15 is 0 Å². The number of hydrogen-bond acceptors (Lipinski definition) is 5. The Bertz CT molecular complexity index is 790. The van der Waals surface area contributed by atoms with Gasteiger partial charge in [0.25, 0.3) is 0 Å². The number of carbonyl (C=O) groups excluding carboxylic acids is 1. The maximum absolute atomic E-state index is 12.0. The first-order valence-electron chi connectivity index (χ1n) is 8.80. The van der Waals surface area contributed by atoms with Crippen LogP contribution in [0.25, 0.3) is 0 Å². The average molecular weight is 397 g/mol. The van der Waals surface area contributed by atoms with E-state index in [0.29, 0.717) is 18.1 Å². The van der Waals surface area contributed by atoms with Gasteiger partial charge in [-0.25, -0.2) is 8.42 Å². The highest BCUT2D eigenvalue weighted by Crippen LogP contribution is 2.38. The highest BCUT2D eigenvalue weighted by Gasteiger charge is 2.48. The van der Waals surface area contributed by atoms with Crippen molar-refractivity contribution in [2.24, 2.45) is 4.99 Å². The van der Waals surface area contributed by atoms with Gasteiger partial charge in [0.05, 0.1) is 24.7 Å². The highest BCUT2D eigenvalue weighted by atomic mass is 32.2. The topological polar surface area (TPSA) is 76.0 Å². The van der Waals surface area contributed by atoms with Gasteiger partial charge in [0, 0.05) is 18.2 Å². The SMILES string of the molecule is CCCC(=O)N=C1S[C@H]2CS(=O)(=O)C[C@H]2N1CCc1ccc(OC)cc1. The number of ether oxygens (including phenoxy) is 1. The molecule has 2 atom stereocenters. The van der Waals surface area contributed by atoms with Gasteiger partial charge in [-0.3, -0.25) is 4.79 Å². The molecular formula is C18H24N2O4S2. The third kappa shape index (κ3) is 4.40. The fourth-order valence-electron chi connectivity index (χ4n) is 3.32. The summed E-state index contributed by atoms with van der Waals surface area (Å²) in [5.74, 6) is 0.989. The minimum Gasteiger partial charge on any atom is -0.497 e. The van der Waals surface area contributed by atoms with Crippen molar-refractivity contribution in [3.63, 3.8) is 0 Å². The van der Waals surface area contributed by atoms with E-state index in [1.165, 1.54) is 11.8 Å². The fraction of sp³-hybridized carbons (Fsp3) is 0.556. The van der Waals surface area contributed by atoms with Crippen molar-refractivity contribution in [2.45, 2.75) is 37.5 Å². The number of carbonyl (C=O) groups is 1. The number of nitrogens with zero attached hydrogens (tertiary/aromatic N) is 2. The Balaban J connectivity index is 1.75. The summed E-state index contributed by atoms with van der Waals surface area (Å²) >= 11 is 1.44. The number of rotatable bonds is 6. The first-order chi connectivity index (χ1) is 12.4. The second-order valence-corrected chi connectivity index (χ2v) is 9.99. The molecule has 2 fully saturated rings. The molecule has 2 aliphatic rings. The Morgan fingerprint density at radius 2 is 2.04 bits per heavy atom. The van der Waals surface area contributed by atoms with Crippen LogP contribution in [0.5, 0.6) is 5.75 Å². The number of sulfone groups is 1. The molecule has 0 bridgehead atoms. The summed E-state index contributed by atoms with van der Waals surface area (Å²) in [6.07, 6.45) is 1.94. The zero-order chi connectivity index (χ0) is 18.7. The Kier molecular flexibility index (Phi) is 5.92. The molecule has 0 spiro atoms. The minimum atomic E-state index is -3.01. The molecule has 142 valence electrons. The van der Waals surface area contributed by atoms with Crippen LogP contribution in [-0.4, -0.2) is 60.8 Å². The van der Waals surface area contributed by atoms with Crippen molar-refractivity contribution in [1.29, 1.82) is 0 Å². The van der Waals surface area contributed by atoms with Crippen LogP contribution in [0.1, 0.15) is 25.3 Å². The van der Waals surface area contributed by atoms with Gasteiger partial charge in [0.1, 0.15) is 5.75 Å². The zero-order valence-corrected chi connectivity index (χ0v) is 16.7. The molecule has 2 aliphatic heterocycles. The van der Waals surface area contributed by atoms with Crippen LogP contribution in [0.4, 0.5) is 0 Å². The van der Waals surface area contributed by atoms with Crippen molar-refractivity contribution < 1.29 is 17.9 Å². The van der Waals surface area contributed by atoms with E-state index in [-0.39, 0.29) is 28.7 Å². The number of hydrogen-bond donors (Lipinski definition) is 0. The fourth-order valence-corrected chi connectivity index (χ4v) is 7.31. The lowest BCUT2D eigenvalue weighted by Crippen LogP contribution is -2.39. The second-order valence-electron chi connectivity index (χ2n) is 6.63. The Labute approximate surface area is 158 Å². The summed E-state index contributed by atoms with van der Waals surface area (Å²) < 4.78 is 29.2. The molecule has 0 saturated carbocycles. The molecule has 3 rings (SSSR count). The summed E-state index contributed by atoms with van der Waals surface area (Å²) in [6, 6.07) is 7.75. The summed E-state index contributed by atoms with van der Waals surface area (Å²) in [5.41, 5.74) is 1.14. The van der Waals surface area contributed by atoms with Crippen LogP contribution in [0.15, 0.2) is 29.3 Å². The number of thioether (sulfide) groups is 1. The smallest absolute Gasteiger partial charge is 0.248 e. The summed E-state index contributed by atoms with van der Waals surface area (Å²) in [5, 5.41) is 0.658. The summed E-state index contributed by atoms with van der Waals surface area (Å²) in [6.45, 7) is 2.59. The van der Waals surface area contributed by atoms with Crippen LogP contribution in [0.2, 0.25) is 0 Å². The molecule has 1 amide bonds. The van der Waals surface area contributed by atoms with Gasteiger partial charge >= 0.3 is 0 Å². The van der Waals surface area contributed by atoms with E-state index in [9.17, 15) is 13.2 Å². The van der Waals surface area contributed by atoms with Gasteiger partial charge in [-0.1, -0.05) is 30.8 Å².